The summed E-state index contributed by atoms with van der Waals surface area (Å²) in [5.74, 6) is -1.22. The highest BCUT2D eigenvalue weighted by molar-refractivity contribution is 7.16. The van der Waals surface area contributed by atoms with Crippen LogP contribution in [0.15, 0.2) is 30.5 Å². The van der Waals surface area contributed by atoms with Crippen molar-refractivity contribution < 1.29 is 9.90 Å². The summed E-state index contributed by atoms with van der Waals surface area (Å²) in [6.07, 6.45) is 1.56. The van der Waals surface area contributed by atoms with E-state index in [2.05, 4.69) is 4.98 Å². The van der Waals surface area contributed by atoms with E-state index in [-0.39, 0.29) is 5.01 Å². The second-order valence-corrected chi connectivity index (χ2v) is 4.22. The quantitative estimate of drug-likeness (QED) is 0.767. The zero-order valence-electron chi connectivity index (χ0n) is 8.06. The Hall–Kier alpha value is -1.68. The van der Waals surface area contributed by atoms with Crippen LogP contribution in [0.4, 0.5) is 0 Å². The Morgan fingerprint density at radius 3 is 2.87 bits per heavy atom. The van der Waals surface area contributed by atoms with Gasteiger partial charge in [0.2, 0.25) is 0 Å². The average Bonchev–Trinajstić information content (AvgIpc) is 2.66. The minimum Gasteiger partial charge on any atom is -0.542 e. The Bertz CT molecular complexity index is 505. The van der Waals surface area contributed by atoms with Crippen LogP contribution in [0.3, 0.4) is 0 Å². The van der Waals surface area contributed by atoms with Crippen LogP contribution < -0.4 is 5.11 Å². The van der Waals surface area contributed by atoms with E-state index in [9.17, 15) is 9.90 Å². The lowest BCUT2D eigenvalue weighted by Gasteiger charge is -1.97. The highest BCUT2D eigenvalue weighted by Crippen LogP contribution is 2.26. The molecule has 3 nitrogen and oxygen atoms in total. The predicted molar refractivity (Wildman–Crippen MR) is 56.6 cm³/mol. The van der Waals surface area contributed by atoms with E-state index in [1.807, 2.05) is 31.2 Å². The Morgan fingerprint density at radius 1 is 1.47 bits per heavy atom. The first-order valence-corrected chi connectivity index (χ1v) is 5.22. The van der Waals surface area contributed by atoms with Crippen molar-refractivity contribution in [3.8, 4) is 10.4 Å². The maximum absolute atomic E-state index is 10.5. The summed E-state index contributed by atoms with van der Waals surface area (Å²) >= 11 is 1.13. The minimum absolute atomic E-state index is 0.0199. The zero-order valence-corrected chi connectivity index (χ0v) is 8.88. The molecule has 0 atom stereocenters. The first-order valence-electron chi connectivity index (χ1n) is 4.41. The molecule has 0 amide bonds. The Labute approximate surface area is 91.0 Å². The smallest absolute Gasteiger partial charge is 0.139 e. The fourth-order valence-corrected chi connectivity index (χ4v) is 2.05. The van der Waals surface area contributed by atoms with Crippen molar-refractivity contribution in [1.82, 2.24) is 4.98 Å². The molecule has 0 saturated heterocycles. The number of aromatic carboxylic acids is 1. The number of hydrogen-bond donors (Lipinski definition) is 0. The molecule has 0 saturated carbocycles. The number of thiazole rings is 1. The van der Waals surface area contributed by atoms with Crippen LogP contribution in [-0.4, -0.2) is 11.0 Å². The van der Waals surface area contributed by atoms with Crippen LogP contribution in [0.1, 0.15) is 15.4 Å². The van der Waals surface area contributed by atoms with Crippen molar-refractivity contribution >= 4 is 17.3 Å². The van der Waals surface area contributed by atoms with E-state index in [0.29, 0.717) is 0 Å². The monoisotopic (exact) mass is 218 g/mol. The molecule has 0 radical (unpaired) electrons. The van der Waals surface area contributed by atoms with Crippen molar-refractivity contribution in [2.24, 2.45) is 0 Å². The second-order valence-electron chi connectivity index (χ2n) is 3.19. The fourth-order valence-electron chi connectivity index (χ4n) is 1.30. The van der Waals surface area contributed by atoms with Crippen molar-refractivity contribution in [2.45, 2.75) is 6.92 Å². The molecule has 0 bridgehead atoms. The number of aryl methyl sites for hydroxylation is 1. The number of carboxylic acids is 1. The van der Waals surface area contributed by atoms with Gasteiger partial charge in [0, 0.05) is 6.20 Å². The standard InChI is InChI=1S/C11H9NO2S/c1-7-3-2-4-8(5-7)9-6-12-10(15-9)11(13)14/h2-6H,1H3,(H,13,14)/p-1. The largest absolute Gasteiger partial charge is 0.542 e. The van der Waals surface area contributed by atoms with E-state index in [0.717, 1.165) is 27.3 Å². The van der Waals surface area contributed by atoms with Gasteiger partial charge in [0.05, 0.1) is 4.88 Å². The van der Waals surface area contributed by atoms with Gasteiger partial charge in [0.1, 0.15) is 11.0 Å². The summed E-state index contributed by atoms with van der Waals surface area (Å²) in [6, 6.07) is 7.85. The third-order valence-corrected chi connectivity index (χ3v) is 3.01. The van der Waals surface area contributed by atoms with E-state index < -0.39 is 5.97 Å². The van der Waals surface area contributed by atoms with Crippen LogP contribution in [0.2, 0.25) is 0 Å². The minimum atomic E-state index is -1.22. The maximum Gasteiger partial charge on any atom is 0.139 e. The zero-order chi connectivity index (χ0) is 10.8. The number of benzene rings is 1. The number of carbonyl (C=O) groups is 1. The van der Waals surface area contributed by atoms with Gasteiger partial charge in [-0.05, 0) is 12.5 Å². The molecule has 0 aliphatic heterocycles. The van der Waals surface area contributed by atoms with E-state index in [4.69, 9.17) is 0 Å². The molecule has 0 unspecified atom stereocenters. The molecule has 0 fully saturated rings. The van der Waals surface area contributed by atoms with Gasteiger partial charge in [0.25, 0.3) is 0 Å². The number of carboxylic acid groups (broad SMARTS) is 1. The third-order valence-electron chi connectivity index (χ3n) is 1.98. The number of nitrogens with zero attached hydrogens (tertiary/aromatic N) is 1. The fraction of sp³-hybridized carbons (Fsp3) is 0.0909. The lowest BCUT2D eigenvalue weighted by Crippen LogP contribution is -2.21. The molecule has 2 aromatic rings. The normalized spacial score (nSPS) is 10.2. The number of hydrogen-bond acceptors (Lipinski definition) is 4. The first kappa shape index (κ1) is 9.86. The number of rotatable bonds is 2. The van der Waals surface area contributed by atoms with Crippen LogP contribution in [0, 0.1) is 6.92 Å². The summed E-state index contributed by atoms with van der Waals surface area (Å²) in [4.78, 5) is 15.2. The Kier molecular flexibility index (Phi) is 2.51. The van der Waals surface area contributed by atoms with Crippen LogP contribution in [-0.2, 0) is 0 Å². The summed E-state index contributed by atoms with van der Waals surface area (Å²) in [7, 11) is 0. The molecule has 4 heteroatoms. The molecular formula is C11H8NO2S-. The third kappa shape index (κ3) is 2.05. The van der Waals surface area contributed by atoms with Crippen LogP contribution >= 0.6 is 11.3 Å². The predicted octanol–water partition coefficient (Wildman–Crippen LogP) is 1.48. The molecule has 2 rings (SSSR count). The first-order chi connectivity index (χ1) is 7.16. The molecule has 0 aliphatic carbocycles. The lowest BCUT2D eigenvalue weighted by atomic mass is 10.1. The molecule has 0 aliphatic rings. The summed E-state index contributed by atoms with van der Waals surface area (Å²) in [5, 5.41) is 10.6. The molecular weight excluding hydrogens is 210 g/mol. The van der Waals surface area contributed by atoms with Crippen molar-refractivity contribution in [3.05, 3.63) is 41.0 Å². The average molecular weight is 218 g/mol. The SMILES string of the molecule is Cc1cccc(-c2cnc(C(=O)[O-])s2)c1. The van der Waals surface area contributed by atoms with Gasteiger partial charge >= 0.3 is 0 Å². The van der Waals surface area contributed by atoms with Gasteiger partial charge in [-0.15, -0.1) is 11.3 Å². The lowest BCUT2D eigenvalue weighted by molar-refractivity contribution is -0.255. The number of carbonyl (C=O) groups excluding carboxylic acids is 1. The van der Waals surface area contributed by atoms with E-state index in [1.54, 1.807) is 6.20 Å². The molecule has 1 heterocycles. The van der Waals surface area contributed by atoms with Crippen molar-refractivity contribution in [1.29, 1.82) is 0 Å². The van der Waals surface area contributed by atoms with Gasteiger partial charge in [-0.3, -0.25) is 0 Å². The highest BCUT2D eigenvalue weighted by Gasteiger charge is 2.04. The van der Waals surface area contributed by atoms with Gasteiger partial charge in [-0.1, -0.05) is 29.8 Å². The molecule has 0 N–H and O–H groups in total. The number of aromatic nitrogens is 1. The summed E-state index contributed by atoms with van der Waals surface area (Å²) < 4.78 is 0. The second kappa shape index (κ2) is 3.82. The topological polar surface area (TPSA) is 53.0 Å². The highest BCUT2D eigenvalue weighted by atomic mass is 32.1. The van der Waals surface area contributed by atoms with Gasteiger partial charge in [0.15, 0.2) is 0 Å². The van der Waals surface area contributed by atoms with Gasteiger partial charge in [-0.2, -0.15) is 0 Å². The van der Waals surface area contributed by atoms with Crippen molar-refractivity contribution in [3.63, 3.8) is 0 Å². The molecule has 15 heavy (non-hydrogen) atoms. The Morgan fingerprint density at radius 2 is 2.27 bits per heavy atom. The molecule has 1 aromatic heterocycles. The van der Waals surface area contributed by atoms with E-state index >= 15 is 0 Å². The van der Waals surface area contributed by atoms with Gasteiger partial charge < -0.3 is 9.90 Å². The van der Waals surface area contributed by atoms with Crippen molar-refractivity contribution in [2.75, 3.05) is 0 Å². The van der Waals surface area contributed by atoms with Crippen LogP contribution in [0.25, 0.3) is 10.4 Å². The summed E-state index contributed by atoms with van der Waals surface area (Å²) in [5.41, 5.74) is 2.12. The molecule has 76 valence electrons. The molecule has 1 aromatic carbocycles. The van der Waals surface area contributed by atoms with Gasteiger partial charge in [-0.25, -0.2) is 4.98 Å². The summed E-state index contributed by atoms with van der Waals surface area (Å²) in [6.45, 7) is 1.99. The molecule has 0 spiro atoms. The van der Waals surface area contributed by atoms with E-state index in [1.165, 1.54) is 0 Å². The maximum atomic E-state index is 10.5. The van der Waals surface area contributed by atoms with Crippen LogP contribution in [0.5, 0.6) is 0 Å². The Balaban J connectivity index is 2.41.